The SMILES string of the molecule is CCCCCCCCCCOc1c(C)sc(C)c1C. The average Bonchev–Trinajstić information content (AvgIpc) is 2.63. The number of rotatable bonds is 10. The molecule has 0 atom stereocenters. The van der Waals surface area contributed by atoms with Crippen LogP contribution in [-0.2, 0) is 0 Å². The van der Waals surface area contributed by atoms with E-state index in [1.54, 1.807) is 0 Å². The van der Waals surface area contributed by atoms with Gasteiger partial charge in [0.1, 0.15) is 5.75 Å². The van der Waals surface area contributed by atoms with Gasteiger partial charge in [-0.2, -0.15) is 0 Å². The fraction of sp³-hybridized carbons (Fsp3) is 0.765. The lowest BCUT2D eigenvalue weighted by Gasteiger charge is -2.07. The van der Waals surface area contributed by atoms with Crippen molar-refractivity contribution in [2.24, 2.45) is 0 Å². The zero-order valence-corrected chi connectivity index (χ0v) is 14.0. The van der Waals surface area contributed by atoms with Crippen molar-refractivity contribution >= 4 is 11.3 Å². The number of hydrogen-bond acceptors (Lipinski definition) is 2. The van der Waals surface area contributed by atoms with Gasteiger partial charge in [0.05, 0.1) is 6.61 Å². The van der Waals surface area contributed by atoms with Crippen LogP contribution in [0.15, 0.2) is 0 Å². The highest BCUT2D eigenvalue weighted by Gasteiger charge is 2.09. The normalized spacial score (nSPS) is 10.9. The maximum atomic E-state index is 5.94. The van der Waals surface area contributed by atoms with Crippen LogP contribution in [-0.4, -0.2) is 6.61 Å². The minimum atomic E-state index is 0.882. The maximum Gasteiger partial charge on any atom is 0.136 e. The summed E-state index contributed by atoms with van der Waals surface area (Å²) in [6.07, 6.45) is 10.8. The molecule has 2 heteroatoms. The Morgan fingerprint density at radius 2 is 1.37 bits per heavy atom. The molecule has 0 N–H and O–H groups in total. The van der Waals surface area contributed by atoms with Crippen molar-refractivity contribution in [2.75, 3.05) is 6.61 Å². The Morgan fingerprint density at radius 1 is 0.789 bits per heavy atom. The highest BCUT2D eigenvalue weighted by Crippen LogP contribution is 2.33. The summed E-state index contributed by atoms with van der Waals surface area (Å²) in [6.45, 7) is 9.66. The molecular weight excluding hydrogens is 252 g/mol. The van der Waals surface area contributed by atoms with Crippen molar-refractivity contribution in [3.63, 3.8) is 0 Å². The van der Waals surface area contributed by atoms with Gasteiger partial charge < -0.3 is 4.74 Å². The third kappa shape index (κ3) is 5.99. The standard InChI is InChI=1S/C17H30OS/c1-5-6-7-8-9-10-11-12-13-18-17-14(2)15(3)19-16(17)4/h5-13H2,1-4H3. The molecule has 1 nitrogen and oxygen atoms in total. The van der Waals surface area contributed by atoms with E-state index in [-0.39, 0.29) is 0 Å². The zero-order chi connectivity index (χ0) is 14.1. The molecule has 0 bridgehead atoms. The van der Waals surface area contributed by atoms with Gasteiger partial charge in [-0.05, 0) is 27.2 Å². The first-order valence-corrected chi connectivity index (χ1v) is 8.67. The lowest BCUT2D eigenvalue weighted by molar-refractivity contribution is 0.302. The van der Waals surface area contributed by atoms with Crippen LogP contribution in [0.3, 0.4) is 0 Å². The van der Waals surface area contributed by atoms with Crippen molar-refractivity contribution in [3.8, 4) is 5.75 Å². The van der Waals surface area contributed by atoms with Crippen molar-refractivity contribution in [3.05, 3.63) is 15.3 Å². The highest BCUT2D eigenvalue weighted by molar-refractivity contribution is 7.12. The zero-order valence-electron chi connectivity index (χ0n) is 13.2. The van der Waals surface area contributed by atoms with E-state index in [0.717, 1.165) is 12.4 Å². The van der Waals surface area contributed by atoms with Crippen LogP contribution >= 0.6 is 11.3 Å². The van der Waals surface area contributed by atoms with E-state index in [4.69, 9.17) is 4.74 Å². The third-order valence-electron chi connectivity index (χ3n) is 3.74. The number of thiophene rings is 1. The Balaban J connectivity index is 2.05. The highest BCUT2D eigenvalue weighted by atomic mass is 32.1. The van der Waals surface area contributed by atoms with Gasteiger partial charge >= 0.3 is 0 Å². The first-order chi connectivity index (χ1) is 9.16. The van der Waals surface area contributed by atoms with Crippen molar-refractivity contribution < 1.29 is 4.74 Å². The predicted octanol–water partition coefficient (Wildman–Crippen LogP) is 6.19. The lowest BCUT2D eigenvalue weighted by atomic mass is 10.1. The Morgan fingerprint density at radius 3 is 1.89 bits per heavy atom. The summed E-state index contributed by atoms with van der Waals surface area (Å²) in [4.78, 5) is 2.72. The molecule has 0 aliphatic rings. The fourth-order valence-electron chi connectivity index (χ4n) is 2.40. The summed E-state index contributed by atoms with van der Waals surface area (Å²) in [5.74, 6) is 1.14. The summed E-state index contributed by atoms with van der Waals surface area (Å²) >= 11 is 1.85. The summed E-state index contributed by atoms with van der Waals surface area (Å²) in [5.41, 5.74) is 1.34. The molecule has 1 heterocycles. The van der Waals surface area contributed by atoms with Gasteiger partial charge in [0.2, 0.25) is 0 Å². The molecule has 0 saturated heterocycles. The molecule has 1 aromatic rings. The topological polar surface area (TPSA) is 9.23 Å². The Bertz CT molecular complexity index is 354. The van der Waals surface area contributed by atoms with Crippen LogP contribution in [0.25, 0.3) is 0 Å². The molecule has 0 amide bonds. The van der Waals surface area contributed by atoms with Gasteiger partial charge in [-0.25, -0.2) is 0 Å². The molecule has 0 saturated carbocycles. The molecule has 110 valence electrons. The van der Waals surface area contributed by atoms with Gasteiger partial charge in [-0.15, -0.1) is 11.3 Å². The number of aryl methyl sites for hydroxylation is 2. The van der Waals surface area contributed by atoms with Gasteiger partial charge in [0.25, 0.3) is 0 Å². The quantitative estimate of drug-likeness (QED) is 0.465. The maximum absolute atomic E-state index is 5.94. The van der Waals surface area contributed by atoms with Crippen LogP contribution in [0, 0.1) is 20.8 Å². The monoisotopic (exact) mass is 282 g/mol. The van der Waals surface area contributed by atoms with Gasteiger partial charge in [-0.3, -0.25) is 0 Å². The fourth-order valence-corrected chi connectivity index (χ4v) is 3.41. The van der Waals surface area contributed by atoms with Crippen LogP contribution in [0.5, 0.6) is 5.75 Å². The van der Waals surface area contributed by atoms with Crippen molar-refractivity contribution in [1.82, 2.24) is 0 Å². The summed E-state index contributed by atoms with van der Waals surface area (Å²) in [5, 5.41) is 0. The molecule has 0 unspecified atom stereocenters. The molecular formula is C17H30OS. The lowest BCUT2D eigenvalue weighted by Crippen LogP contribution is -1.98. The molecule has 0 fully saturated rings. The van der Waals surface area contributed by atoms with Crippen LogP contribution in [0.1, 0.15) is 73.6 Å². The van der Waals surface area contributed by atoms with Crippen molar-refractivity contribution in [1.29, 1.82) is 0 Å². The van der Waals surface area contributed by atoms with E-state index in [1.807, 2.05) is 11.3 Å². The van der Waals surface area contributed by atoms with E-state index >= 15 is 0 Å². The first kappa shape index (κ1) is 16.6. The van der Waals surface area contributed by atoms with Crippen molar-refractivity contribution in [2.45, 2.75) is 79.1 Å². The molecule has 0 aliphatic heterocycles. The second-order valence-corrected chi connectivity index (χ2v) is 6.92. The molecule has 0 aliphatic carbocycles. The van der Waals surface area contributed by atoms with E-state index < -0.39 is 0 Å². The third-order valence-corrected chi connectivity index (χ3v) is 4.84. The minimum absolute atomic E-state index is 0.882. The second-order valence-electron chi connectivity index (χ2n) is 5.49. The number of unbranched alkanes of at least 4 members (excludes halogenated alkanes) is 7. The second kappa shape index (κ2) is 9.41. The van der Waals surface area contributed by atoms with E-state index in [0.29, 0.717) is 0 Å². The van der Waals surface area contributed by atoms with Crippen LogP contribution in [0.2, 0.25) is 0 Å². The molecule has 0 radical (unpaired) electrons. The van der Waals surface area contributed by atoms with E-state index in [2.05, 4.69) is 27.7 Å². The van der Waals surface area contributed by atoms with Gasteiger partial charge in [0.15, 0.2) is 0 Å². The van der Waals surface area contributed by atoms with Gasteiger partial charge in [-0.1, -0.05) is 51.9 Å². The molecule has 19 heavy (non-hydrogen) atoms. The Labute approximate surface area is 123 Å². The predicted molar refractivity (Wildman–Crippen MR) is 86.6 cm³/mol. The molecule has 0 spiro atoms. The van der Waals surface area contributed by atoms with Gasteiger partial charge in [0, 0.05) is 15.3 Å². The van der Waals surface area contributed by atoms with E-state index in [9.17, 15) is 0 Å². The molecule has 1 rings (SSSR count). The number of hydrogen-bond donors (Lipinski definition) is 0. The smallest absolute Gasteiger partial charge is 0.136 e. The van der Waals surface area contributed by atoms with E-state index in [1.165, 1.54) is 66.7 Å². The molecule has 1 aromatic heterocycles. The van der Waals surface area contributed by atoms with Crippen LogP contribution < -0.4 is 4.74 Å². The number of ether oxygens (including phenoxy) is 1. The molecule has 0 aromatic carbocycles. The average molecular weight is 282 g/mol. The Hall–Kier alpha value is -0.500. The first-order valence-electron chi connectivity index (χ1n) is 7.86. The Kier molecular flexibility index (Phi) is 8.20. The summed E-state index contributed by atoms with van der Waals surface area (Å²) < 4.78 is 5.94. The van der Waals surface area contributed by atoms with Crippen LogP contribution in [0.4, 0.5) is 0 Å². The minimum Gasteiger partial charge on any atom is -0.492 e. The summed E-state index contributed by atoms with van der Waals surface area (Å²) in [7, 11) is 0. The largest absolute Gasteiger partial charge is 0.492 e. The summed E-state index contributed by atoms with van der Waals surface area (Å²) in [6, 6.07) is 0.